The van der Waals surface area contributed by atoms with Gasteiger partial charge in [0.15, 0.2) is 0 Å². The molecule has 25 heavy (non-hydrogen) atoms. The molecule has 2 aromatic carbocycles. The smallest absolute Gasteiger partial charge is 0.243 e. The second kappa shape index (κ2) is 7.68. The first-order valence-corrected chi connectivity index (χ1v) is 10.3. The number of carbonyl (C=O) groups excluding carboxylic acids is 1. The maximum absolute atomic E-state index is 12.8. The highest BCUT2D eigenvalue weighted by atomic mass is 79.9. The molecule has 1 saturated heterocycles. The number of nitrogens with one attached hydrogen (secondary N) is 1. The molecular weight excluding hydrogens is 404 g/mol. The summed E-state index contributed by atoms with van der Waals surface area (Å²) in [6, 6.07) is 15.3. The van der Waals surface area contributed by atoms with Gasteiger partial charge in [-0.3, -0.25) is 4.79 Å². The molecule has 1 unspecified atom stereocenters. The molecule has 1 aliphatic heterocycles. The van der Waals surface area contributed by atoms with Crippen molar-refractivity contribution in [1.29, 1.82) is 0 Å². The monoisotopic (exact) mass is 422 g/mol. The molecule has 1 atom stereocenters. The number of amides is 1. The predicted molar refractivity (Wildman–Crippen MR) is 99.3 cm³/mol. The Bertz CT molecular complexity index is 856. The lowest BCUT2D eigenvalue weighted by Gasteiger charge is -2.23. The van der Waals surface area contributed by atoms with E-state index < -0.39 is 16.1 Å². The summed E-state index contributed by atoms with van der Waals surface area (Å²) in [6.45, 7) is 0.736. The topological polar surface area (TPSA) is 66.5 Å². The molecule has 7 heteroatoms. The molecule has 3 rings (SSSR count). The van der Waals surface area contributed by atoms with Gasteiger partial charge in [-0.25, -0.2) is 8.42 Å². The highest BCUT2D eigenvalue weighted by molar-refractivity contribution is 9.10. The second-order valence-electron chi connectivity index (χ2n) is 5.93. The van der Waals surface area contributed by atoms with Gasteiger partial charge >= 0.3 is 0 Å². The van der Waals surface area contributed by atoms with Gasteiger partial charge in [0, 0.05) is 17.6 Å². The van der Waals surface area contributed by atoms with Crippen LogP contribution in [0.3, 0.4) is 0 Å². The summed E-state index contributed by atoms with van der Waals surface area (Å²) < 4.78 is 27.9. The third kappa shape index (κ3) is 4.11. The Hall–Kier alpha value is -1.70. The van der Waals surface area contributed by atoms with Gasteiger partial charge in [-0.15, -0.1) is 0 Å². The molecule has 0 aromatic heterocycles. The highest BCUT2D eigenvalue weighted by Gasteiger charge is 2.39. The fourth-order valence-corrected chi connectivity index (χ4v) is 5.10. The van der Waals surface area contributed by atoms with Gasteiger partial charge in [0.05, 0.1) is 4.90 Å². The van der Waals surface area contributed by atoms with Crippen molar-refractivity contribution in [3.05, 3.63) is 64.6 Å². The van der Waals surface area contributed by atoms with Gasteiger partial charge in [0.2, 0.25) is 15.9 Å². The van der Waals surface area contributed by atoms with Gasteiger partial charge in [-0.05, 0) is 42.7 Å². The Kier molecular flexibility index (Phi) is 5.56. The van der Waals surface area contributed by atoms with E-state index in [1.165, 1.54) is 4.31 Å². The fraction of sp³-hybridized carbons (Fsp3) is 0.278. The maximum atomic E-state index is 12.8. The lowest BCUT2D eigenvalue weighted by molar-refractivity contribution is -0.124. The van der Waals surface area contributed by atoms with E-state index in [1.54, 1.807) is 30.3 Å². The van der Waals surface area contributed by atoms with Gasteiger partial charge < -0.3 is 5.32 Å². The lowest BCUT2D eigenvalue weighted by atomic mass is 10.2. The zero-order valence-corrected chi connectivity index (χ0v) is 16.0. The molecule has 1 aliphatic rings. The lowest BCUT2D eigenvalue weighted by Crippen LogP contribution is -2.45. The summed E-state index contributed by atoms with van der Waals surface area (Å²) in [5.41, 5.74) is 0.957. The highest BCUT2D eigenvalue weighted by Crippen LogP contribution is 2.26. The van der Waals surface area contributed by atoms with E-state index in [2.05, 4.69) is 21.2 Å². The Morgan fingerprint density at radius 1 is 1.16 bits per heavy atom. The average molecular weight is 423 g/mol. The molecule has 1 amide bonds. The molecule has 132 valence electrons. The van der Waals surface area contributed by atoms with Gasteiger partial charge in [0.1, 0.15) is 6.04 Å². The quantitative estimate of drug-likeness (QED) is 0.805. The van der Waals surface area contributed by atoms with Crippen LogP contribution in [0.25, 0.3) is 0 Å². The molecule has 1 N–H and O–H groups in total. The van der Waals surface area contributed by atoms with Crippen molar-refractivity contribution in [3.8, 4) is 0 Å². The number of benzene rings is 2. The number of nitrogens with zero attached hydrogens (tertiary/aromatic N) is 1. The SMILES string of the molecule is O=C(NCc1cccc(Br)c1)C1CCCN1S(=O)(=O)c1ccccc1. The van der Waals surface area contributed by atoms with Crippen molar-refractivity contribution < 1.29 is 13.2 Å². The maximum Gasteiger partial charge on any atom is 0.243 e. The summed E-state index contributed by atoms with van der Waals surface area (Å²) in [7, 11) is -3.66. The van der Waals surface area contributed by atoms with Crippen molar-refractivity contribution in [2.45, 2.75) is 30.3 Å². The Morgan fingerprint density at radius 3 is 2.64 bits per heavy atom. The van der Waals surface area contributed by atoms with Gasteiger partial charge in [-0.2, -0.15) is 4.31 Å². The van der Waals surface area contributed by atoms with Crippen LogP contribution in [-0.4, -0.2) is 31.2 Å². The molecular formula is C18H19BrN2O3S. The zero-order chi connectivity index (χ0) is 17.9. The van der Waals surface area contributed by atoms with Crippen LogP contribution in [0.4, 0.5) is 0 Å². The van der Waals surface area contributed by atoms with Crippen molar-refractivity contribution in [3.63, 3.8) is 0 Å². The minimum atomic E-state index is -3.66. The average Bonchev–Trinajstić information content (AvgIpc) is 3.11. The first-order valence-electron chi connectivity index (χ1n) is 8.07. The Labute approximate surface area is 156 Å². The molecule has 0 aliphatic carbocycles. The molecule has 1 heterocycles. The summed E-state index contributed by atoms with van der Waals surface area (Å²) in [5.74, 6) is -0.253. The minimum absolute atomic E-state index is 0.224. The van der Waals surface area contributed by atoms with Crippen LogP contribution in [-0.2, 0) is 21.4 Å². The Morgan fingerprint density at radius 2 is 1.92 bits per heavy atom. The third-order valence-corrected chi connectivity index (χ3v) is 6.63. The van der Waals surface area contributed by atoms with Crippen LogP contribution >= 0.6 is 15.9 Å². The first-order chi connectivity index (χ1) is 12.0. The summed E-state index contributed by atoms with van der Waals surface area (Å²) in [4.78, 5) is 12.8. The normalized spacial score (nSPS) is 18.2. The standard InChI is InChI=1S/C18H19BrN2O3S/c19-15-7-4-6-14(12-15)13-20-18(22)17-10-5-11-21(17)25(23,24)16-8-2-1-3-9-16/h1-4,6-9,12,17H,5,10-11,13H2,(H,20,22). The summed E-state index contributed by atoms with van der Waals surface area (Å²) in [5, 5.41) is 2.86. The molecule has 0 bridgehead atoms. The third-order valence-electron chi connectivity index (χ3n) is 4.21. The van der Waals surface area contributed by atoms with E-state index in [0.717, 1.165) is 10.0 Å². The van der Waals surface area contributed by atoms with Gasteiger partial charge in [0.25, 0.3) is 0 Å². The van der Waals surface area contributed by atoms with Crippen LogP contribution in [0.5, 0.6) is 0 Å². The van der Waals surface area contributed by atoms with E-state index >= 15 is 0 Å². The molecule has 2 aromatic rings. The molecule has 5 nitrogen and oxygen atoms in total. The zero-order valence-electron chi connectivity index (χ0n) is 13.6. The molecule has 0 spiro atoms. The van der Waals surface area contributed by atoms with E-state index in [4.69, 9.17) is 0 Å². The number of rotatable bonds is 5. The van der Waals surface area contributed by atoms with Crippen LogP contribution in [0.2, 0.25) is 0 Å². The van der Waals surface area contributed by atoms with Crippen molar-refractivity contribution in [2.24, 2.45) is 0 Å². The van der Waals surface area contributed by atoms with Crippen LogP contribution < -0.4 is 5.32 Å². The number of sulfonamides is 1. The molecule has 1 fully saturated rings. The van der Waals surface area contributed by atoms with E-state index in [1.807, 2.05) is 24.3 Å². The predicted octanol–water partition coefficient (Wildman–Crippen LogP) is 2.92. The Balaban J connectivity index is 1.72. The van der Waals surface area contributed by atoms with E-state index in [0.29, 0.717) is 25.9 Å². The van der Waals surface area contributed by atoms with Crippen LogP contribution in [0.15, 0.2) is 64.0 Å². The van der Waals surface area contributed by atoms with Crippen molar-refractivity contribution >= 4 is 31.9 Å². The molecule has 0 radical (unpaired) electrons. The number of carbonyl (C=O) groups is 1. The summed E-state index contributed by atoms with van der Waals surface area (Å²) in [6.07, 6.45) is 1.22. The van der Waals surface area contributed by atoms with Gasteiger partial charge in [-0.1, -0.05) is 46.3 Å². The van der Waals surface area contributed by atoms with E-state index in [9.17, 15) is 13.2 Å². The minimum Gasteiger partial charge on any atom is -0.351 e. The summed E-state index contributed by atoms with van der Waals surface area (Å²) >= 11 is 3.40. The first kappa shape index (κ1) is 18.1. The van der Waals surface area contributed by atoms with Crippen molar-refractivity contribution in [2.75, 3.05) is 6.54 Å². The van der Waals surface area contributed by atoms with E-state index in [-0.39, 0.29) is 10.8 Å². The molecule has 0 saturated carbocycles. The number of hydrogen-bond donors (Lipinski definition) is 1. The second-order valence-corrected chi connectivity index (χ2v) is 8.74. The van der Waals surface area contributed by atoms with Crippen LogP contribution in [0.1, 0.15) is 18.4 Å². The van der Waals surface area contributed by atoms with Crippen LogP contribution in [0, 0.1) is 0 Å². The fourth-order valence-electron chi connectivity index (χ4n) is 2.97. The largest absolute Gasteiger partial charge is 0.351 e. The number of halogens is 1. The van der Waals surface area contributed by atoms with Crippen molar-refractivity contribution in [1.82, 2.24) is 9.62 Å². The number of hydrogen-bond acceptors (Lipinski definition) is 3.